The van der Waals surface area contributed by atoms with Crippen molar-refractivity contribution in [1.82, 2.24) is 0 Å². The molecule has 0 saturated carbocycles. The van der Waals surface area contributed by atoms with Crippen LogP contribution in [0.3, 0.4) is 0 Å². The van der Waals surface area contributed by atoms with E-state index in [1.165, 1.54) is 66.1 Å². The summed E-state index contributed by atoms with van der Waals surface area (Å²) in [7, 11) is 0. The minimum absolute atomic E-state index is 0.233. The Morgan fingerprint density at radius 1 is 0.310 bits per heavy atom. The van der Waals surface area contributed by atoms with Crippen molar-refractivity contribution < 1.29 is 9.47 Å². The Morgan fingerprint density at radius 3 is 1.24 bits per heavy atom. The van der Waals surface area contributed by atoms with E-state index in [0.717, 1.165) is 45.3 Å². The van der Waals surface area contributed by atoms with Crippen LogP contribution in [0.4, 0.5) is 0 Å². The van der Waals surface area contributed by atoms with Gasteiger partial charge in [0.05, 0.1) is 0 Å². The highest BCUT2D eigenvalue weighted by Crippen LogP contribution is 2.55. The predicted octanol–water partition coefficient (Wildman–Crippen LogP) is 15.5. The van der Waals surface area contributed by atoms with Gasteiger partial charge in [0.15, 0.2) is 0 Å². The van der Waals surface area contributed by atoms with Crippen LogP contribution in [0.15, 0.2) is 182 Å². The standard InChI is InChI=1S/C56H42O2/c1-55(2)46-28-10-12-32-50(46)57-53-42(26-16-30-48(53)55)37-22-14-24-40-44(37)34-45-38(43-27-17-31-49-54(43)58-51-33-13-11-29-47(51)56(49,3)4)23-15-25-41(45)52(40)39-21-9-8-20-36(39)35-18-6-5-7-19-35/h5-34H,1-4H3. The first-order valence-electron chi connectivity index (χ1n) is 20.3. The van der Waals surface area contributed by atoms with Gasteiger partial charge in [-0.25, -0.2) is 0 Å². The number of ether oxygens (including phenoxy) is 2. The maximum atomic E-state index is 6.91. The molecule has 0 aliphatic carbocycles. The first-order chi connectivity index (χ1) is 28.3. The lowest BCUT2D eigenvalue weighted by Gasteiger charge is -2.35. The van der Waals surface area contributed by atoms with Crippen molar-refractivity contribution in [3.63, 3.8) is 0 Å². The first-order valence-corrected chi connectivity index (χ1v) is 20.3. The Balaban J connectivity index is 1.24. The monoisotopic (exact) mass is 746 g/mol. The molecule has 2 nitrogen and oxygen atoms in total. The summed E-state index contributed by atoms with van der Waals surface area (Å²) in [5.74, 6) is 3.67. The number of benzene rings is 9. The van der Waals surface area contributed by atoms with E-state index < -0.39 is 0 Å². The average Bonchev–Trinajstić information content (AvgIpc) is 3.25. The molecule has 0 fully saturated rings. The highest BCUT2D eigenvalue weighted by molar-refractivity contribution is 6.20. The molecule has 2 aliphatic heterocycles. The fourth-order valence-corrected chi connectivity index (χ4v) is 9.85. The molecule has 2 heterocycles. The minimum Gasteiger partial charge on any atom is -0.456 e. The maximum absolute atomic E-state index is 6.91. The van der Waals surface area contributed by atoms with Gasteiger partial charge in [-0.05, 0) is 73.1 Å². The van der Waals surface area contributed by atoms with Gasteiger partial charge in [0.1, 0.15) is 23.0 Å². The lowest BCUT2D eigenvalue weighted by molar-refractivity contribution is 0.419. The van der Waals surface area contributed by atoms with Crippen molar-refractivity contribution in [3.8, 4) is 67.5 Å². The van der Waals surface area contributed by atoms with Gasteiger partial charge in [0, 0.05) is 44.2 Å². The largest absolute Gasteiger partial charge is 0.456 e. The summed E-state index contributed by atoms with van der Waals surface area (Å²) in [5, 5.41) is 4.73. The molecule has 0 amide bonds. The number of fused-ring (bicyclic) bond motifs is 6. The molecular formula is C56H42O2. The van der Waals surface area contributed by atoms with E-state index >= 15 is 0 Å². The summed E-state index contributed by atoms with van der Waals surface area (Å²) >= 11 is 0. The van der Waals surface area contributed by atoms with Crippen LogP contribution in [0.2, 0.25) is 0 Å². The Morgan fingerprint density at radius 2 is 0.707 bits per heavy atom. The molecule has 9 aromatic carbocycles. The van der Waals surface area contributed by atoms with Gasteiger partial charge in [-0.2, -0.15) is 0 Å². The third kappa shape index (κ3) is 5.04. The second-order valence-corrected chi connectivity index (χ2v) is 16.8. The smallest absolute Gasteiger partial charge is 0.139 e. The summed E-state index contributed by atoms with van der Waals surface area (Å²) in [6, 6.07) is 65.8. The van der Waals surface area contributed by atoms with E-state index in [2.05, 4.69) is 210 Å². The molecule has 2 heteroatoms. The average molecular weight is 747 g/mol. The van der Waals surface area contributed by atoms with Crippen molar-refractivity contribution in [2.45, 2.75) is 38.5 Å². The van der Waals surface area contributed by atoms with Crippen LogP contribution in [-0.4, -0.2) is 0 Å². The van der Waals surface area contributed by atoms with Gasteiger partial charge >= 0.3 is 0 Å². The van der Waals surface area contributed by atoms with Crippen LogP contribution in [0.1, 0.15) is 49.9 Å². The SMILES string of the molecule is CC1(C)c2ccccc2Oc2c(-c3cccc4c(-c5ccccc5-c5ccccc5)c5cccc(-c6cccc7c6Oc6ccccc6C7(C)C)c5cc34)cccc21. The zero-order chi connectivity index (χ0) is 39.2. The van der Waals surface area contributed by atoms with Crippen LogP contribution in [0.25, 0.3) is 66.1 Å². The van der Waals surface area contributed by atoms with E-state index in [-0.39, 0.29) is 10.8 Å². The van der Waals surface area contributed by atoms with E-state index in [4.69, 9.17) is 9.47 Å². The molecule has 9 aromatic rings. The van der Waals surface area contributed by atoms with Gasteiger partial charge in [-0.15, -0.1) is 0 Å². The van der Waals surface area contributed by atoms with Crippen molar-refractivity contribution in [2.75, 3.05) is 0 Å². The maximum Gasteiger partial charge on any atom is 0.139 e. The summed E-state index contributed by atoms with van der Waals surface area (Å²) in [4.78, 5) is 0. The zero-order valence-electron chi connectivity index (χ0n) is 33.1. The van der Waals surface area contributed by atoms with Gasteiger partial charge in [0.2, 0.25) is 0 Å². The predicted molar refractivity (Wildman–Crippen MR) is 240 cm³/mol. The van der Waals surface area contributed by atoms with Crippen LogP contribution < -0.4 is 9.47 Å². The zero-order valence-corrected chi connectivity index (χ0v) is 33.1. The molecule has 0 bridgehead atoms. The molecule has 0 spiro atoms. The molecular weight excluding hydrogens is 705 g/mol. The van der Waals surface area contributed by atoms with Crippen LogP contribution in [0.5, 0.6) is 23.0 Å². The summed E-state index contributed by atoms with van der Waals surface area (Å²) in [6.45, 7) is 9.23. The van der Waals surface area contributed by atoms with Crippen LogP contribution in [0, 0.1) is 0 Å². The molecule has 11 rings (SSSR count). The third-order valence-electron chi connectivity index (χ3n) is 12.8. The molecule has 0 atom stereocenters. The first kappa shape index (κ1) is 34.4. The highest BCUT2D eigenvalue weighted by Gasteiger charge is 2.37. The number of hydrogen-bond acceptors (Lipinski definition) is 2. The summed E-state index contributed by atoms with van der Waals surface area (Å²) in [5.41, 5.74) is 13.6. The fourth-order valence-electron chi connectivity index (χ4n) is 9.85. The van der Waals surface area contributed by atoms with Gasteiger partial charge in [0.25, 0.3) is 0 Å². The van der Waals surface area contributed by atoms with E-state index in [9.17, 15) is 0 Å². The highest BCUT2D eigenvalue weighted by atomic mass is 16.5. The Labute approximate surface area is 340 Å². The van der Waals surface area contributed by atoms with E-state index in [0.29, 0.717) is 0 Å². The molecule has 58 heavy (non-hydrogen) atoms. The van der Waals surface area contributed by atoms with Gasteiger partial charge in [-0.3, -0.25) is 0 Å². The minimum atomic E-state index is -0.233. The Hall–Kier alpha value is -6.90. The molecule has 0 radical (unpaired) electrons. The molecule has 0 N–H and O–H groups in total. The second-order valence-electron chi connectivity index (χ2n) is 16.8. The van der Waals surface area contributed by atoms with Crippen molar-refractivity contribution in [2.24, 2.45) is 0 Å². The van der Waals surface area contributed by atoms with E-state index in [1.807, 2.05) is 0 Å². The molecule has 278 valence electrons. The fraction of sp³-hybridized carbons (Fsp3) is 0.107. The Bertz CT molecular complexity index is 2950. The van der Waals surface area contributed by atoms with Gasteiger partial charge < -0.3 is 9.47 Å². The molecule has 0 aromatic heterocycles. The quantitative estimate of drug-likeness (QED) is 0.167. The Kier molecular flexibility index (Phi) is 7.59. The van der Waals surface area contributed by atoms with Crippen LogP contribution in [-0.2, 0) is 10.8 Å². The van der Waals surface area contributed by atoms with Gasteiger partial charge in [-0.1, -0.05) is 191 Å². The number of hydrogen-bond donors (Lipinski definition) is 0. The summed E-state index contributed by atoms with van der Waals surface area (Å²) in [6.07, 6.45) is 0. The molecule has 0 saturated heterocycles. The lowest BCUT2D eigenvalue weighted by Crippen LogP contribution is -2.24. The summed E-state index contributed by atoms with van der Waals surface area (Å²) < 4.78 is 13.8. The number of para-hydroxylation sites is 4. The topological polar surface area (TPSA) is 18.5 Å². The molecule has 2 aliphatic rings. The van der Waals surface area contributed by atoms with Crippen LogP contribution >= 0.6 is 0 Å². The molecule has 0 unspecified atom stereocenters. The lowest BCUT2D eigenvalue weighted by atomic mass is 9.74. The third-order valence-corrected chi connectivity index (χ3v) is 12.8. The normalized spacial score (nSPS) is 14.4. The van der Waals surface area contributed by atoms with E-state index in [1.54, 1.807) is 0 Å². The van der Waals surface area contributed by atoms with Crippen molar-refractivity contribution in [1.29, 1.82) is 0 Å². The van der Waals surface area contributed by atoms with Crippen molar-refractivity contribution >= 4 is 21.5 Å². The number of rotatable bonds is 4. The second kappa shape index (κ2) is 12.8. The van der Waals surface area contributed by atoms with Crippen molar-refractivity contribution in [3.05, 3.63) is 204 Å².